The summed E-state index contributed by atoms with van der Waals surface area (Å²) in [5.41, 5.74) is 2.22. The number of Topliss-reactive ketones (excluding diaryl/α,β-unsaturated/α-hetero) is 1. The van der Waals surface area contributed by atoms with Gasteiger partial charge in [0.1, 0.15) is 11.6 Å². The second kappa shape index (κ2) is 8.11. The molecule has 1 aromatic heterocycles. The van der Waals surface area contributed by atoms with Gasteiger partial charge in [-0.2, -0.15) is 4.98 Å². The van der Waals surface area contributed by atoms with Crippen LogP contribution in [-0.4, -0.2) is 22.4 Å². The lowest BCUT2D eigenvalue weighted by atomic mass is 10.1. The molecule has 6 heteroatoms. The van der Waals surface area contributed by atoms with Gasteiger partial charge in [-0.3, -0.25) is 4.79 Å². The molecular formula is C20H20N4O2. The average Bonchev–Trinajstić information content (AvgIpc) is 2.64. The van der Waals surface area contributed by atoms with Crippen LogP contribution in [0.3, 0.4) is 0 Å². The number of carbonyl (C=O) groups is 1. The van der Waals surface area contributed by atoms with Gasteiger partial charge in [0.2, 0.25) is 5.95 Å². The Morgan fingerprint density at radius 1 is 1.08 bits per heavy atom. The number of ether oxygens (including phenoxy) is 1. The Hall–Kier alpha value is -3.41. The van der Waals surface area contributed by atoms with Crippen LogP contribution in [0.1, 0.15) is 24.2 Å². The molecule has 2 N–H and O–H groups in total. The number of ketones is 1. The molecule has 1 heterocycles. The molecule has 0 fully saturated rings. The first-order valence-electron chi connectivity index (χ1n) is 8.35. The van der Waals surface area contributed by atoms with Crippen LogP contribution in [0.15, 0.2) is 60.8 Å². The SMILES string of the molecule is CCOc1ccccc1Nc1ccnc(Nc2cccc(C(C)=O)c2)n1. The monoisotopic (exact) mass is 348 g/mol. The standard InChI is InChI=1S/C20H20N4O2/c1-3-26-18-10-5-4-9-17(18)23-19-11-12-21-20(24-19)22-16-8-6-7-15(13-16)14(2)25/h4-13H,3H2,1-2H3,(H2,21,22,23,24). The zero-order valence-corrected chi connectivity index (χ0v) is 14.7. The number of anilines is 4. The number of para-hydroxylation sites is 2. The highest BCUT2D eigenvalue weighted by Gasteiger charge is 2.06. The molecule has 0 aliphatic heterocycles. The average molecular weight is 348 g/mol. The highest BCUT2D eigenvalue weighted by molar-refractivity contribution is 5.95. The minimum absolute atomic E-state index is 0.0116. The van der Waals surface area contributed by atoms with E-state index in [1.54, 1.807) is 24.4 Å². The third-order valence-corrected chi connectivity index (χ3v) is 3.63. The van der Waals surface area contributed by atoms with Gasteiger partial charge in [0, 0.05) is 17.4 Å². The predicted molar refractivity (Wildman–Crippen MR) is 103 cm³/mol. The molecule has 0 unspecified atom stereocenters. The van der Waals surface area contributed by atoms with Crippen molar-refractivity contribution in [2.45, 2.75) is 13.8 Å². The lowest BCUT2D eigenvalue weighted by Crippen LogP contribution is -2.02. The van der Waals surface area contributed by atoms with E-state index in [2.05, 4.69) is 20.6 Å². The summed E-state index contributed by atoms with van der Waals surface area (Å²) in [7, 11) is 0. The first kappa shape index (κ1) is 17.4. The van der Waals surface area contributed by atoms with Crippen LogP contribution < -0.4 is 15.4 Å². The summed E-state index contributed by atoms with van der Waals surface area (Å²) in [4.78, 5) is 20.2. The zero-order chi connectivity index (χ0) is 18.4. The molecule has 132 valence electrons. The zero-order valence-electron chi connectivity index (χ0n) is 14.7. The van der Waals surface area contributed by atoms with Gasteiger partial charge in [0.25, 0.3) is 0 Å². The Kier molecular flexibility index (Phi) is 5.43. The summed E-state index contributed by atoms with van der Waals surface area (Å²) in [5, 5.41) is 6.36. The summed E-state index contributed by atoms with van der Waals surface area (Å²) in [6.45, 7) is 4.07. The summed E-state index contributed by atoms with van der Waals surface area (Å²) in [6, 6.07) is 16.7. The van der Waals surface area contributed by atoms with Crippen LogP contribution in [0.5, 0.6) is 5.75 Å². The van der Waals surface area contributed by atoms with E-state index in [1.165, 1.54) is 6.92 Å². The van der Waals surface area contributed by atoms with Gasteiger partial charge >= 0.3 is 0 Å². The van der Waals surface area contributed by atoms with Crippen LogP contribution in [0.2, 0.25) is 0 Å². The van der Waals surface area contributed by atoms with Crippen molar-refractivity contribution in [2.75, 3.05) is 17.2 Å². The summed E-state index contributed by atoms with van der Waals surface area (Å²) < 4.78 is 5.62. The summed E-state index contributed by atoms with van der Waals surface area (Å²) >= 11 is 0. The van der Waals surface area contributed by atoms with E-state index in [-0.39, 0.29) is 5.78 Å². The lowest BCUT2D eigenvalue weighted by molar-refractivity contribution is 0.101. The fourth-order valence-electron chi connectivity index (χ4n) is 2.42. The van der Waals surface area contributed by atoms with Crippen molar-refractivity contribution < 1.29 is 9.53 Å². The Morgan fingerprint density at radius 2 is 1.92 bits per heavy atom. The minimum Gasteiger partial charge on any atom is -0.492 e. The number of hydrogen-bond acceptors (Lipinski definition) is 6. The van der Waals surface area contributed by atoms with Gasteiger partial charge in [-0.25, -0.2) is 4.98 Å². The molecule has 0 spiro atoms. The Bertz CT molecular complexity index is 912. The first-order valence-corrected chi connectivity index (χ1v) is 8.35. The van der Waals surface area contributed by atoms with Crippen LogP contribution >= 0.6 is 0 Å². The van der Waals surface area contributed by atoms with E-state index in [0.717, 1.165) is 17.1 Å². The Labute approximate surface area is 152 Å². The number of nitrogens with one attached hydrogen (secondary N) is 2. The Balaban J connectivity index is 1.79. The molecule has 0 radical (unpaired) electrons. The lowest BCUT2D eigenvalue weighted by Gasteiger charge is -2.12. The van der Waals surface area contributed by atoms with Gasteiger partial charge in [0.15, 0.2) is 5.78 Å². The van der Waals surface area contributed by atoms with Crippen LogP contribution in [-0.2, 0) is 0 Å². The maximum Gasteiger partial charge on any atom is 0.229 e. The Morgan fingerprint density at radius 3 is 2.73 bits per heavy atom. The van der Waals surface area contributed by atoms with Gasteiger partial charge in [-0.15, -0.1) is 0 Å². The number of rotatable bonds is 7. The first-order chi connectivity index (χ1) is 12.7. The maximum absolute atomic E-state index is 11.5. The topological polar surface area (TPSA) is 76.1 Å². The van der Waals surface area contributed by atoms with Gasteiger partial charge in [0.05, 0.1) is 12.3 Å². The third kappa shape index (κ3) is 4.36. The van der Waals surface area contributed by atoms with Crippen LogP contribution in [0.25, 0.3) is 0 Å². The van der Waals surface area contributed by atoms with E-state index in [0.29, 0.717) is 23.9 Å². The molecule has 0 aliphatic rings. The van der Waals surface area contributed by atoms with Crippen molar-refractivity contribution in [3.05, 3.63) is 66.4 Å². The molecule has 0 saturated carbocycles. The molecule has 0 atom stereocenters. The molecule has 6 nitrogen and oxygen atoms in total. The normalized spacial score (nSPS) is 10.2. The van der Waals surface area contributed by atoms with E-state index < -0.39 is 0 Å². The number of hydrogen-bond donors (Lipinski definition) is 2. The number of carbonyl (C=O) groups excluding carboxylic acids is 1. The fraction of sp³-hybridized carbons (Fsp3) is 0.150. The smallest absolute Gasteiger partial charge is 0.229 e. The van der Waals surface area contributed by atoms with E-state index in [9.17, 15) is 4.79 Å². The van der Waals surface area contributed by atoms with Crippen molar-refractivity contribution >= 4 is 28.9 Å². The second-order valence-corrected chi connectivity index (χ2v) is 5.58. The van der Waals surface area contributed by atoms with Gasteiger partial charge in [-0.1, -0.05) is 24.3 Å². The molecule has 0 saturated heterocycles. The van der Waals surface area contributed by atoms with Crippen molar-refractivity contribution in [1.29, 1.82) is 0 Å². The van der Waals surface area contributed by atoms with Crippen LogP contribution in [0, 0.1) is 0 Å². The summed E-state index contributed by atoms with van der Waals surface area (Å²) in [5.74, 6) is 1.84. The summed E-state index contributed by atoms with van der Waals surface area (Å²) in [6.07, 6.45) is 1.66. The largest absolute Gasteiger partial charge is 0.492 e. The van der Waals surface area contributed by atoms with E-state index in [4.69, 9.17) is 4.74 Å². The molecule has 0 bridgehead atoms. The quantitative estimate of drug-likeness (QED) is 0.609. The fourth-order valence-corrected chi connectivity index (χ4v) is 2.42. The highest BCUT2D eigenvalue weighted by Crippen LogP contribution is 2.27. The number of nitrogens with zero attached hydrogens (tertiary/aromatic N) is 2. The van der Waals surface area contributed by atoms with Crippen LogP contribution in [0.4, 0.5) is 23.1 Å². The second-order valence-electron chi connectivity index (χ2n) is 5.58. The minimum atomic E-state index is 0.0116. The highest BCUT2D eigenvalue weighted by atomic mass is 16.5. The molecule has 2 aromatic carbocycles. The van der Waals surface area contributed by atoms with Crippen molar-refractivity contribution in [1.82, 2.24) is 9.97 Å². The molecule has 26 heavy (non-hydrogen) atoms. The van der Waals surface area contributed by atoms with Crippen molar-refractivity contribution in [3.63, 3.8) is 0 Å². The molecule has 0 aliphatic carbocycles. The van der Waals surface area contributed by atoms with E-state index in [1.807, 2.05) is 43.3 Å². The van der Waals surface area contributed by atoms with E-state index >= 15 is 0 Å². The van der Waals surface area contributed by atoms with Crippen molar-refractivity contribution in [3.8, 4) is 5.75 Å². The molecule has 3 aromatic rings. The van der Waals surface area contributed by atoms with Gasteiger partial charge < -0.3 is 15.4 Å². The number of benzene rings is 2. The third-order valence-electron chi connectivity index (χ3n) is 3.63. The maximum atomic E-state index is 11.5. The predicted octanol–water partition coefficient (Wildman–Crippen LogP) is 4.57. The number of aromatic nitrogens is 2. The molecule has 3 rings (SSSR count). The molecular weight excluding hydrogens is 328 g/mol. The van der Waals surface area contributed by atoms with Gasteiger partial charge in [-0.05, 0) is 44.2 Å². The molecule has 0 amide bonds. The van der Waals surface area contributed by atoms with Crippen molar-refractivity contribution in [2.24, 2.45) is 0 Å².